The summed E-state index contributed by atoms with van der Waals surface area (Å²) in [5, 5.41) is 4.23. The number of nitrogens with one attached hydrogen (secondary N) is 2. The molecule has 1 aliphatic heterocycles. The van der Waals surface area contributed by atoms with Gasteiger partial charge in [0.05, 0.1) is 6.04 Å². The highest BCUT2D eigenvalue weighted by Gasteiger charge is 2.39. The summed E-state index contributed by atoms with van der Waals surface area (Å²) in [6.45, 7) is 4.46. The number of nitrogens with zero attached hydrogens (tertiary/aromatic N) is 1. The van der Waals surface area contributed by atoms with E-state index < -0.39 is 0 Å². The molecule has 5 rings (SSSR count). The standard InChI is InChI=1S/C30H31N3O2/c1-20(16-17-22-10-4-3-5-11-22)31-27(34)18-19-33-29(23-12-6-7-13-24(23)30(33)35)28-21(2)32-26-15-9-8-14-25(26)28/h3-15,20,29,32H,16-19H2,1-2H3,(H,31,34)/t20-,29+/m1/s1. The molecule has 2 atom stereocenters. The molecule has 5 heteroatoms. The van der Waals surface area contributed by atoms with E-state index >= 15 is 0 Å². The highest BCUT2D eigenvalue weighted by Crippen LogP contribution is 2.42. The normalized spacial score (nSPS) is 15.9. The molecule has 1 aliphatic rings. The van der Waals surface area contributed by atoms with Gasteiger partial charge in [-0.3, -0.25) is 9.59 Å². The van der Waals surface area contributed by atoms with Crippen LogP contribution in [0.4, 0.5) is 0 Å². The van der Waals surface area contributed by atoms with Crippen molar-refractivity contribution in [3.8, 4) is 0 Å². The van der Waals surface area contributed by atoms with Crippen molar-refractivity contribution >= 4 is 22.7 Å². The summed E-state index contributed by atoms with van der Waals surface area (Å²) in [4.78, 5) is 31.6. The maximum Gasteiger partial charge on any atom is 0.255 e. The van der Waals surface area contributed by atoms with Gasteiger partial charge in [-0.2, -0.15) is 0 Å². The van der Waals surface area contributed by atoms with Crippen molar-refractivity contribution in [2.75, 3.05) is 6.54 Å². The zero-order valence-corrected chi connectivity index (χ0v) is 20.3. The first-order valence-corrected chi connectivity index (χ1v) is 12.3. The average Bonchev–Trinajstić information content (AvgIpc) is 3.34. The van der Waals surface area contributed by atoms with E-state index in [0.717, 1.165) is 46.1 Å². The zero-order valence-electron chi connectivity index (χ0n) is 20.3. The fourth-order valence-electron chi connectivity index (χ4n) is 5.23. The predicted octanol–water partition coefficient (Wildman–Crippen LogP) is 5.55. The topological polar surface area (TPSA) is 65.2 Å². The van der Waals surface area contributed by atoms with E-state index in [-0.39, 0.29) is 30.3 Å². The molecule has 5 nitrogen and oxygen atoms in total. The lowest BCUT2D eigenvalue weighted by Gasteiger charge is -2.26. The molecule has 2 N–H and O–H groups in total. The van der Waals surface area contributed by atoms with Crippen LogP contribution in [0.25, 0.3) is 10.9 Å². The first-order chi connectivity index (χ1) is 17.0. The molecule has 0 bridgehead atoms. The number of H-pyrrole nitrogens is 1. The Morgan fingerprint density at radius 3 is 2.54 bits per heavy atom. The van der Waals surface area contributed by atoms with Crippen LogP contribution in [-0.2, 0) is 11.2 Å². The lowest BCUT2D eigenvalue weighted by atomic mass is 9.95. The number of aromatic amines is 1. The number of hydrogen-bond acceptors (Lipinski definition) is 2. The molecule has 0 radical (unpaired) electrons. The van der Waals surface area contributed by atoms with Gasteiger partial charge in [0.1, 0.15) is 0 Å². The van der Waals surface area contributed by atoms with Crippen LogP contribution in [-0.4, -0.2) is 34.3 Å². The minimum absolute atomic E-state index is 0.0137. The van der Waals surface area contributed by atoms with Crippen LogP contribution < -0.4 is 5.32 Å². The second-order valence-electron chi connectivity index (χ2n) is 9.44. The van der Waals surface area contributed by atoms with Crippen molar-refractivity contribution in [2.45, 2.75) is 45.2 Å². The van der Waals surface area contributed by atoms with Gasteiger partial charge in [0, 0.05) is 46.7 Å². The van der Waals surface area contributed by atoms with Gasteiger partial charge in [0.25, 0.3) is 5.91 Å². The zero-order chi connectivity index (χ0) is 24.4. The van der Waals surface area contributed by atoms with Gasteiger partial charge in [-0.1, -0.05) is 66.7 Å². The average molecular weight is 466 g/mol. The summed E-state index contributed by atoms with van der Waals surface area (Å²) in [5.74, 6) is -0.0380. The monoisotopic (exact) mass is 465 g/mol. The van der Waals surface area contributed by atoms with E-state index in [1.165, 1.54) is 5.56 Å². The molecule has 2 heterocycles. The Kier molecular flexibility index (Phi) is 6.41. The van der Waals surface area contributed by atoms with Crippen molar-refractivity contribution < 1.29 is 9.59 Å². The number of aryl methyl sites for hydroxylation is 2. The smallest absolute Gasteiger partial charge is 0.255 e. The molecule has 4 aromatic rings. The first kappa shape index (κ1) is 22.9. The molecule has 0 spiro atoms. The van der Waals surface area contributed by atoms with Crippen LogP contribution in [0.2, 0.25) is 0 Å². The Labute approximate surface area is 206 Å². The van der Waals surface area contributed by atoms with E-state index in [0.29, 0.717) is 6.54 Å². The van der Waals surface area contributed by atoms with Gasteiger partial charge in [-0.15, -0.1) is 0 Å². The molecule has 0 aliphatic carbocycles. The Balaban J connectivity index is 1.31. The number of fused-ring (bicyclic) bond motifs is 2. The number of benzene rings is 3. The van der Waals surface area contributed by atoms with E-state index in [4.69, 9.17) is 0 Å². The van der Waals surface area contributed by atoms with Crippen molar-refractivity contribution in [3.63, 3.8) is 0 Å². The molecule has 0 unspecified atom stereocenters. The fourth-order valence-corrected chi connectivity index (χ4v) is 5.23. The second kappa shape index (κ2) is 9.79. The summed E-state index contributed by atoms with van der Waals surface area (Å²) in [6, 6.07) is 26.2. The van der Waals surface area contributed by atoms with E-state index in [2.05, 4.69) is 41.5 Å². The number of para-hydroxylation sites is 1. The molecule has 35 heavy (non-hydrogen) atoms. The molecule has 2 amide bonds. The summed E-state index contributed by atoms with van der Waals surface area (Å²) in [7, 11) is 0. The number of carbonyl (C=O) groups excluding carboxylic acids is 2. The number of hydrogen-bond donors (Lipinski definition) is 2. The third-order valence-electron chi connectivity index (χ3n) is 6.97. The van der Waals surface area contributed by atoms with Crippen LogP contribution in [0.5, 0.6) is 0 Å². The summed E-state index contributed by atoms with van der Waals surface area (Å²) in [6.07, 6.45) is 2.07. The third kappa shape index (κ3) is 4.59. The molecule has 1 aromatic heterocycles. The van der Waals surface area contributed by atoms with Gasteiger partial charge in [0.15, 0.2) is 0 Å². The Bertz CT molecular complexity index is 1360. The lowest BCUT2D eigenvalue weighted by Crippen LogP contribution is -2.37. The maximum atomic E-state index is 13.4. The largest absolute Gasteiger partial charge is 0.358 e. The number of carbonyl (C=O) groups is 2. The van der Waals surface area contributed by atoms with Crippen molar-refractivity contribution in [1.29, 1.82) is 0 Å². The third-order valence-corrected chi connectivity index (χ3v) is 6.97. The van der Waals surface area contributed by atoms with Crippen LogP contribution >= 0.6 is 0 Å². The molecule has 0 fully saturated rings. The SMILES string of the molecule is Cc1[nH]c2ccccc2c1[C@@H]1c2ccccc2C(=O)N1CCC(=O)N[C@H](C)CCc1ccccc1. The summed E-state index contributed by atoms with van der Waals surface area (Å²) >= 11 is 0. The minimum atomic E-state index is -0.210. The molecular formula is C30H31N3O2. The van der Waals surface area contributed by atoms with Gasteiger partial charge in [-0.05, 0) is 49.9 Å². The van der Waals surface area contributed by atoms with E-state index in [1.54, 1.807) is 0 Å². The molecule has 0 saturated heterocycles. The highest BCUT2D eigenvalue weighted by molar-refractivity contribution is 6.01. The Hall–Kier alpha value is -3.86. The van der Waals surface area contributed by atoms with Crippen LogP contribution in [0, 0.1) is 6.92 Å². The quantitative estimate of drug-likeness (QED) is 0.358. The Morgan fingerprint density at radius 1 is 1.00 bits per heavy atom. The first-order valence-electron chi connectivity index (χ1n) is 12.3. The summed E-state index contributed by atoms with van der Waals surface area (Å²) in [5.41, 5.74) is 6.20. The van der Waals surface area contributed by atoms with Crippen molar-refractivity contribution in [3.05, 3.63) is 107 Å². The number of aromatic nitrogens is 1. The second-order valence-corrected chi connectivity index (χ2v) is 9.44. The van der Waals surface area contributed by atoms with Gasteiger partial charge in [-0.25, -0.2) is 0 Å². The fraction of sp³-hybridized carbons (Fsp3) is 0.267. The number of rotatable bonds is 8. The molecule has 0 saturated carbocycles. The van der Waals surface area contributed by atoms with E-state index in [9.17, 15) is 9.59 Å². The number of amides is 2. The van der Waals surface area contributed by atoms with Crippen LogP contribution in [0.1, 0.15) is 58.5 Å². The molecule has 3 aromatic carbocycles. The van der Waals surface area contributed by atoms with Crippen LogP contribution in [0.15, 0.2) is 78.9 Å². The van der Waals surface area contributed by atoms with Crippen molar-refractivity contribution in [1.82, 2.24) is 15.2 Å². The molecular weight excluding hydrogens is 434 g/mol. The minimum Gasteiger partial charge on any atom is -0.358 e. The molecule has 178 valence electrons. The Morgan fingerprint density at radius 2 is 1.71 bits per heavy atom. The predicted molar refractivity (Wildman–Crippen MR) is 139 cm³/mol. The summed E-state index contributed by atoms with van der Waals surface area (Å²) < 4.78 is 0. The van der Waals surface area contributed by atoms with E-state index in [1.807, 2.05) is 66.4 Å². The van der Waals surface area contributed by atoms with Gasteiger partial charge >= 0.3 is 0 Å². The maximum absolute atomic E-state index is 13.4. The van der Waals surface area contributed by atoms with Gasteiger partial charge in [0.2, 0.25) is 5.91 Å². The van der Waals surface area contributed by atoms with Crippen molar-refractivity contribution in [2.24, 2.45) is 0 Å². The lowest BCUT2D eigenvalue weighted by molar-refractivity contribution is -0.121. The highest BCUT2D eigenvalue weighted by atomic mass is 16.2. The van der Waals surface area contributed by atoms with Gasteiger partial charge < -0.3 is 15.2 Å². The van der Waals surface area contributed by atoms with Crippen LogP contribution in [0.3, 0.4) is 0 Å².